The van der Waals surface area contributed by atoms with Gasteiger partial charge < -0.3 is 10.2 Å². The Bertz CT molecular complexity index is 876. The third-order valence-electron chi connectivity index (χ3n) is 6.89. The van der Waals surface area contributed by atoms with Crippen LogP contribution in [-0.2, 0) is 6.54 Å². The van der Waals surface area contributed by atoms with Crippen LogP contribution in [0.25, 0.3) is 0 Å². The summed E-state index contributed by atoms with van der Waals surface area (Å²) in [6, 6.07) is 8.91. The maximum atomic E-state index is 13.5. The van der Waals surface area contributed by atoms with Crippen molar-refractivity contribution in [2.24, 2.45) is 5.41 Å². The van der Waals surface area contributed by atoms with E-state index >= 15 is 0 Å². The number of aromatic amines is 1. The first-order valence-corrected chi connectivity index (χ1v) is 11.8. The summed E-state index contributed by atoms with van der Waals surface area (Å²) in [5.41, 5.74) is 4.32. The second kappa shape index (κ2) is 9.56. The lowest BCUT2D eigenvalue weighted by Crippen LogP contribution is -2.46. The van der Waals surface area contributed by atoms with Gasteiger partial charge in [0.25, 0.3) is 5.91 Å². The minimum Gasteiger partial charge on any atom is -0.333 e. The SMILES string of the molecule is CCC1(CC)CCCN1C(=O)c1cn[nH]c1CN[C@H](CC(C)(C)C)c1cccc(C)c1. The number of aromatic nitrogens is 2. The van der Waals surface area contributed by atoms with E-state index in [0.717, 1.165) is 44.3 Å². The Morgan fingerprint density at radius 2 is 2.03 bits per heavy atom. The first-order valence-electron chi connectivity index (χ1n) is 11.8. The van der Waals surface area contributed by atoms with Crippen molar-refractivity contribution < 1.29 is 4.79 Å². The van der Waals surface area contributed by atoms with E-state index in [4.69, 9.17) is 0 Å². The number of aryl methyl sites for hydroxylation is 1. The number of amides is 1. The van der Waals surface area contributed by atoms with Gasteiger partial charge in [0.2, 0.25) is 0 Å². The zero-order valence-electron chi connectivity index (χ0n) is 20.2. The maximum Gasteiger partial charge on any atom is 0.257 e. The van der Waals surface area contributed by atoms with Crippen molar-refractivity contribution in [3.8, 4) is 0 Å². The minimum absolute atomic E-state index is 0.00458. The standard InChI is InChI=1S/C26H40N4O/c1-7-26(8-2)13-10-14-30(26)24(31)21-17-28-29-23(21)18-27-22(16-25(4,5)6)20-12-9-11-19(3)15-20/h9,11-12,15,17,22,27H,7-8,10,13-14,16,18H2,1-6H3,(H,28,29)/t22-/m1/s1. The van der Waals surface area contributed by atoms with E-state index in [1.807, 2.05) is 0 Å². The Balaban J connectivity index is 1.79. The van der Waals surface area contributed by atoms with Gasteiger partial charge in [-0.2, -0.15) is 5.10 Å². The number of carbonyl (C=O) groups excluding carboxylic acids is 1. The van der Waals surface area contributed by atoms with Crippen LogP contribution in [0.2, 0.25) is 0 Å². The molecule has 1 saturated heterocycles. The monoisotopic (exact) mass is 424 g/mol. The molecule has 1 aromatic carbocycles. The number of benzene rings is 1. The molecule has 0 unspecified atom stereocenters. The molecular formula is C26H40N4O. The fourth-order valence-corrected chi connectivity index (χ4v) is 5.05. The Morgan fingerprint density at radius 1 is 1.29 bits per heavy atom. The van der Waals surface area contributed by atoms with Gasteiger partial charge in [0.05, 0.1) is 17.5 Å². The van der Waals surface area contributed by atoms with Crippen LogP contribution >= 0.6 is 0 Å². The van der Waals surface area contributed by atoms with Gasteiger partial charge in [0.1, 0.15) is 0 Å². The summed E-state index contributed by atoms with van der Waals surface area (Å²) in [5, 5.41) is 11.1. The minimum atomic E-state index is -0.00458. The second-order valence-corrected chi connectivity index (χ2v) is 10.4. The number of H-pyrrole nitrogens is 1. The lowest BCUT2D eigenvalue weighted by Gasteiger charge is -2.37. The van der Waals surface area contributed by atoms with Gasteiger partial charge in [-0.15, -0.1) is 0 Å². The van der Waals surface area contributed by atoms with E-state index in [0.29, 0.717) is 12.1 Å². The van der Waals surface area contributed by atoms with E-state index in [2.05, 4.69) is 86.2 Å². The molecular weight excluding hydrogens is 384 g/mol. The van der Waals surface area contributed by atoms with Crippen molar-refractivity contribution in [2.75, 3.05) is 6.54 Å². The van der Waals surface area contributed by atoms with Crippen molar-refractivity contribution in [1.29, 1.82) is 0 Å². The van der Waals surface area contributed by atoms with E-state index < -0.39 is 0 Å². The van der Waals surface area contributed by atoms with Gasteiger partial charge in [-0.1, -0.05) is 64.4 Å². The topological polar surface area (TPSA) is 61.0 Å². The molecule has 0 spiro atoms. The van der Waals surface area contributed by atoms with Gasteiger partial charge >= 0.3 is 0 Å². The zero-order chi connectivity index (χ0) is 22.6. The predicted octanol–water partition coefficient (Wildman–Crippen LogP) is 5.78. The average molecular weight is 425 g/mol. The number of nitrogens with zero attached hydrogens (tertiary/aromatic N) is 2. The normalized spacial score (nSPS) is 17.2. The number of rotatable bonds is 8. The smallest absolute Gasteiger partial charge is 0.257 e. The maximum absolute atomic E-state index is 13.5. The fraction of sp³-hybridized carbons (Fsp3) is 0.615. The summed E-state index contributed by atoms with van der Waals surface area (Å²) < 4.78 is 0. The molecule has 0 bridgehead atoms. The lowest BCUT2D eigenvalue weighted by molar-refractivity contribution is 0.0573. The molecule has 5 heteroatoms. The van der Waals surface area contributed by atoms with Crippen molar-refractivity contribution in [1.82, 2.24) is 20.4 Å². The molecule has 1 amide bonds. The molecule has 2 heterocycles. The average Bonchev–Trinajstić information content (AvgIpc) is 3.37. The molecule has 5 nitrogen and oxygen atoms in total. The Kier molecular flexibility index (Phi) is 7.25. The molecule has 0 saturated carbocycles. The first-order chi connectivity index (χ1) is 14.7. The van der Waals surface area contributed by atoms with E-state index in [-0.39, 0.29) is 22.9 Å². The molecule has 1 atom stereocenters. The second-order valence-electron chi connectivity index (χ2n) is 10.4. The highest BCUT2D eigenvalue weighted by molar-refractivity contribution is 5.95. The van der Waals surface area contributed by atoms with Crippen LogP contribution in [-0.4, -0.2) is 33.1 Å². The largest absolute Gasteiger partial charge is 0.333 e. The molecule has 31 heavy (non-hydrogen) atoms. The Morgan fingerprint density at radius 3 is 2.68 bits per heavy atom. The number of likely N-dealkylation sites (tertiary alicyclic amines) is 1. The number of hydrogen-bond donors (Lipinski definition) is 2. The molecule has 0 aliphatic carbocycles. The number of carbonyl (C=O) groups is 1. The van der Waals surface area contributed by atoms with Crippen LogP contribution in [0.1, 0.15) is 99.9 Å². The van der Waals surface area contributed by atoms with E-state index in [9.17, 15) is 4.79 Å². The molecule has 1 aliphatic rings. The Hall–Kier alpha value is -2.14. The quantitative estimate of drug-likeness (QED) is 0.565. The number of nitrogens with one attached hydrogen (secondary N) is 2. The van der Waals surface area contributed by atoms with Crippen LogP contribution in [0.4, 0.5) is 0 Å². The predicted molar refractivity (Wildman–Crippen MR) is 127 cm³/mol. The van der Waals surface area contributed by atoms with Crippen molar-refractivity contribution >= 4 is 5.91 Å². The van der Waals surface area contributed by atoms with Gasteiger partial charge in [0.15, 0.2) is 0 Å². The van der Waals surface area contributed by atoms with Crippen LogP contribution in [0.3, 0.4) is 0 Å². The highest BCUT2D eigenvalue weighted by Crippen LogP contribution is 2.36. The van der Waals surface area contributed by atoms with E-state index in [1.54, 1.807) is 6.20 Å². The highest BCUT2D eigenvalue weighted by atomic mass is 16.2. The molecule has 1 aliphatic heterocycles. The molecule has 170 valence electrons. The molecule has 3 rings (SSSR count). The Labute approximate surface area is 188 Å². The molecule has 0 radical (unpaired) electrons. The fourth-order valence-electron chi connectivity index (χ4n) is 5.05. The number of hydrogen-bond acceptors (Lipinski definition) is 3. The molecule has 2 aromatic rings. The van der Waals surface area contributed by atoms with Crippen LogP contribution in [0, 0.1) is 12.3 Å². The molecule has 1 aromatic heterocycles. The van der Waals surface area contributed by atoms with Crippen LogP contribution in [0.5, 0.6) is 0 Å². The summed E-state index contributed by atoms with van der Waals surface area (Å²) in [6.07, 6.45) is 6.90. The van der Waals surface area contributed by atoms with Crippen molar-refractivity contribution in [3.63, 3.8) is 0 Å². The van der Waals surface area contributed by atoms with Crippen LogP contribution in [0.15, 0.2) is 30.5 Å². The van der Waals surface area contributed by atoms with Gasteiger partial charge in [-0.3, -0.25) is 9.89 Å². The zero-order valence-corrected chi connectivity index (χ0v) is 20.2. The third kappa shape index (κ3) is 5.38. The summed E-state index contributed by atoms with van der Waals surface area (Å²) in [6.45, 7) is 14.8. The summed E-state index contributed by atoms with van der Waals surface area (Å²) in [5.74, 6) is 0.120. The van der Waals surface area contributed by atoms with Gasteiger partial charge in [-0.25, -0.2) is 0 Å². The van der Waals surface area contributed by atoms with Gasteiger partial charge in [0, 0.05) is 24.7 Å². The summed E-state index contributed by atoms with van der Waals surface area (Å²) in [4.78, 5) is 15.6. The van der Waals surface area contributed by atoms with E-state index in [1.165, 1.54) is 11.1 Å². The van der Waals surface area contributed by atoms with Crippen molar-refractivity contribution in [3.05, 3.63) is 52.8 Å². The van der Waals surface area contributed by atoms with Crippen LogP contribution < -0.4 is 5.32 Å². The summed E-state index contributed by atoms with van der Waals surface area (Å²) in [7, 11) is 0. The summed E-state index contributed by atoms with van der Waals surface area (Å²) >= 11 is 0. The highest BCUT2D eigenvalue weighted by Gasteiger charge is 2.41. The lowest BCUT2D eigenvalue weighted by atomic mass is 9.85. The third-order valence-corrected chi connectivity index (χ3v) is 6.89. The van der Waals surface area contributed by atoms with Gasteiger partial charge in [-0.05, 0) is 50.0 Å². The van der Waals surface area contributed by atoms with Crippen molar-refractivity contribution in [2.45, 2.75) is 91.8 Å². The molecule has 2 N–H and O–H groups in total. The molecule has 1 fully saturated rings. The first kappa shape index (κ1) is 23.5.